The van der Waals surface area contributed by atoms with Crippen LogP contribution in [0.4, 0.5) is 10.1 Å². The predicted molar refractivity (Wildman–Crippen MR) is 88.3 cm³/mol. The number of benzene rings is 1. The lowest BCUT2D eigenvalue weighted by Gasteiger charge is -2.25. The lowest BCUT2D eigenvalue weighted by Crippen LogP contribution is -2.42. The topological polar surface area (TPSA) is 101 Å². The highest BCUT2D eigenvalue weighted by Crippen LogP contribution is 2.20. The van der Waals surface area contributed by atoms with Gasteiger partial charge in [-0.1, -0.05) is 6.07 Å². The number of anilines is 1. The summed E-state index contributed by atoms with van der Waals surface area (Å²) < 4.78 is 61.0. The summed E-state index contributed by atoms with van der Waals surface area (Å²) in [6.07, 6.45) is 1.06. The minimum Gasteiger partial charge on any atom is -0.326 e. The van der Waals surface area contributed by atoms with E-state index >= 15 is 0 Å². The van der Waals surface area contributed by atoms with Gasteiger partial charge in [-0.3, -0.25) is 4.79 Å². The highest BCUT2D eigenvalue weighted by molar-refractivity contribution is 7.92. The van der Waals surface area contributed by atoms with E-state index in [1.165, 1.54) is 18.2 Å². The second-order valence-electron chi connectivity index (χ2n) is 5.74. The summed E-state index contributed by atoms with van der Waals surface area (Å²) in [7, 11) is -6.89. The van der Waals surface area contributed by atoms with Crippen LogP contribution in [0.2, 0.25) is 0 Å². The molecule has 0 bridgehead atoms. The number of amides is 1. The fraction of sp³-hybridized carbons (Fsp3) is 0.500. The van der Waals surface area contributed by atoms with E-state index in [2.05, 4.69) is 5.32 Å². The Kier molecular flexibility index (Phi) is 5.61. The Morgan fingerprint density at radius 1 is 1.42 bits per heavy atom. The molecule has 0 spiro atoms. The first-order valence-electron chi connectivity index (χ1n) is 7.29. The van der Waals surface area contributed by atoms with Crippen molar-refractivity contribution in [1.29, 1.82) is 0 Å². The third kappa shape index (κ3) is 5.25. The Bertz CT molecular complexity index is 823. The van der Waals surface area contributed by atoms with Gasteiger partial charge in [-0.15, -0.1) is 0 Å². The second kappa shape index (κ2) is 7.16. The van der Waals surface area contributed by atoms with E-state index in [0.29, 0.717) is 0 Å². The SMILES string of the molecule is CS(=O)(=O)N(CCC(=O)Nc1cccc(F)c1)C1CCS(=O)(=O)C1. The number of sulfonamides is 1. The van der Waals surface area contributed by atoms with Crippen molar-refractivity contribution >= 4 is 31.5 Å². The van der Waals surface area contributed by atoms with E-state index < -0.39 is 37.6 Å². The molecule has 1 aromatic carbocycles. The van der Waals surface area contributed by atoms with Gasteiger partial charge < -0.3 is 5.32 Å². The summed E-state index contributed by atoms with van der Waals surface area (Å²) in [6, 6.07) is 4.69. The zero-order chi connectivity index (χ0) is 18.0. The number of nitrogens with zero attached hydrogens (tertiary/aromatic N) is 1. The lowest BCUT2D eigenvalue weighted by atomic mass is 10.2. The van der Waals surface area contributed by atoms with Crippen molar-refractivity contribution in [2.45, 2.75) is 18.9 Å². The van der Waals surface area contributed by atoms with Crippen LogP contribution in [-0.2, 0) is 24.7 Å². The molecule has 7 nitrogen and oxygen atoms in total. The fourth-order valence-electron chi connectivity index (χ4n) is 2.62. The zero-order valence-corrected chi connectivity index (χ0v) is 14.7. The second-order valence-corrected chi connectivity index (χ2v) is 9.90. The van der Waals surface area contributed by atoms with Crippen LogP contribution in [0, 0.1) is 5.82 Å². The molecule has 1 atom stereocenters. The minimum absolute atomic E-state index is 0.0564. The van der Waals surface area contributed by atoms with Gasteiger partial charge in [0.1, 0.15) is 5.82 Å². The van der Waals surface area contributed by atoms with Gasteiger partial charge in [0.2, 0.25) is 15.9 Å². The molecule has 1 amide bonds. The van der Waals surface area contributed by atoms with Crippen molar-refractivity contribution < 1.29 is 26.0 Å². The molecular formula is C14H19FN2O5S2. The summed E-state index contributed by atoms with van der Waals surface area (Å²) >= 11 is 0. The molecule has 1 aliphatic rings. The first-order chi connectivity index (χ1) is 11.1. The first-order valence-corrected chi connectivity index (χ1v) is 11.0. The molecule has 1 fully saturated rings. The average Bonchev–Trinajstić information content (AvgIpc) is 2.77. The third-order valence-electron chi connectivity index (χ3n) is 3.71. The molecule has 0 aromatic heterocycles. The smallest absolute Gasteiger partial charge is 0.225 e. The van der Waals surface area contributed by atoms with Crippen LogP contribution in [0.5, 0.6) is 0 Å². The summed E-state index contributed by atoms with van der Waals surface area (Å²) in [5, 5.41) is 2.48. The zero-order valence-electron chi connectivity index (χ0n) is 13.1. The molecule has 1 N–H and O–H groups in total. The molecule has 10 heteroatoms. The molecule has 1 unspecified atom stereocenters. The Hall–Kier alpha value is -1.52. The number of carbonyl (C=O) groups is 1. The molecular weight excluding hydrogens is 359 g/mol. The maximum Gasteiger partial charge on any atom is 0.225 e. The average molecular weight is 378 g/mol. The number of halogens is 1. The van der Waals surface area contributed by atoms with Crippen molar-refractivity contribution in [2.75, 3.05) is 29.6 Å². The monoisotopic (exact) mass is 378 g/mol. The van der Waals surface area contributed by atoms with Crippen LogP contribution in [0.1, 0.15) is 12.8 Å². The Morgan fingerprint density at radius 2 is 2.12 bits per heavy atom. The molecule has 24 heavy (non-hydrogen) atoms. The maximum absolute atomic E-state index is 13.1. The number of carbonyl (C=O) groups excluding carboxylic acids is 1. The van der Waals surface area contributed by atoms with Gasteiger partial charge in [-0.25, -0.2) is 21.2 Å². The van der Waals surface area contributed by atoms with Crippen LogP contribution in [0.25, 0.3) is 0 Å². The highest BCUT2D eigenvalue weighted by Gasteiger charge is 2.36. The third-order valence-corrected chi connectivity index (χ3v) is 6.79. The van der Waals surface area contributed by atoms with Crippen molar-refractivity contribution in [3.05, 3.63) is 30.1 Å². The first kappa shape index (κ1) is 18.8. The molecule has 0 saturated carbocycles. The van der Waals surface area contributed by atoms with Crippen LogP contribution in [0.15, 0.2) is 24.3 Å². The maximum atomic E-state index is 13.1. The van der Waals surface area contributed by atoms with Crippen molar-refractivity contribution in [1.82, 2.24) is 4.31 Å². The quantitative estimate of drug-likeness (QED) is 0.781. The number of hydrogen-bond acceptors (Lipinski definition) is 5. The summed E-state index contributed by atoms with van der Waals surface area (Å²) in [4.78, 5) is 11.9. The molecule has 1 heterocycles. The van der Waals surface area contributed by atoms with Gasteiger partial charge in [0, 0.05) is 24.7 Å². The summed E-state index contributed by atoms with van der Waals surface area (Å²) in [5.74, 6) is -1.26. The van der Waals surface area contributed by atoms with Gasteiger partial charge in [-0.2, -0.15) is 4.31 Å². The van der Waals surface area contributed by atoms with E-state index in [4.69, 9.17) is 0 Å². The van der Waals surface area contributed by atoms with Crippen LogP contribution in [-0.4, -0.2) is 57.4 Å². The van der Waals surface area contributed by atoms with E-state index in [-0.39, 0.29) is 36.6 Å². The highest BCUT2D eigenvalue weighted by atomic mass is 32.2. The summed E-state index contributed by atoms with van der Waals surface area (Å²) in [5.41, 5.74) is 0.273. The molecule has 1 aliphatic heterocycles. The number of hydrogen-bond donors (Lipinski definition) is 1. The summed E-state index contributed by atoms with van der Waals surface area (Å²) in [6.45, 7) is -0.125. The fourth-order valence-corrected chi connectivity index (χ4v) is 5.59. The van der Waals surface area contributed by atoms with Gasteiger partial charge in [0.05, 0.1) is 17.8 Å². The molecule has 1 saturated heterocycles. The van der Waals surface area contributed by atoms with Crippen molar-refractivity contribution in [3.63, 3.8) is 0 Å². The Morgan fingerprint density at radius 3 is 2.67 bits per heavy atom. The number of rotatable bonds is 6. The molecule has 2 rings (SSSR count). The lowest BCUT2D eigenvalue weighted by molar-refractivity contribution is -0.116. The van der Waals surface area contributed by atoms with Crippen molar-refractivity contribution in [2.24, 2.45) is 0 Å². The van der Waals surface area contributed by atoms with Crippen LogP contribution >= 0.6 is 0 Å². The number of nitrogens with one attached hydrogen (secondary N) is 1. The van der Waals surface area contributed by atoms with Gasteiger partial charge >= 0.3 is 0 Å². The standard InChI is InChI=1S/C14H19FN2O5S2/c1-23(19,20)17(13-6-8-24(21,22)10-13)7-5-14(18)16-12-4-2-3-11(15)9-12/h2-4,9,13H,5-8,10H2,1H3,(H,16,18). The van der Waals surface area contributed by atoms with Gasteiger partial charge in [0.25, 0.3) is 0 Å². The molecule has 134 valence electrons. The molecule has 1 aromatic rings. The number of sulfone groups is 1. The van der Waals surface area contributed by atoms with E-state index in [1.54, 1.807) is 0 Å². The minimum atomic E-state index is -3.64. The normalized spacial score (nSPS) is 20.2. The van der Waals surface area contributed by atoms with E-state index in [9.17, 15) is 26.0 Å². The molecule has 0 radical (unpaired) electrons. The van der Waals surface area contributed by atoms with Crippen LogP contribution in [0.3, 0.4) is 0 Å². The van der Waals surface area contributed by atoms with Crippen LogP contribution < -0.4 is 5.32 Å². The predicted octanol–water partition coefficient (Wildman–Crippen LogP) is 0.603. The van der Waals surface area contributed by atoms with Crippen molar-refractivity contribution in [3.8, 4) is 0 Å². The van der Waals surface area contributed by atoms with Gasteiger partial charge in [0.15, 0.2) is 9.84 Å². The molecule has 0 aliphatic carbocycles. The largest absolute Gasteiger partial charge is 0.326 e. The van der Waals surface area contributed by atoms with Gasteiger partial charge in [-0.05, 0) is 24.6 Å². The Labute approximate surface area is 140 Å². The van der Waals surface area contributed by atoms with E-state index in [1.807, 2.05) is 0 Å². The van der Waals surface area contributed by atoms with E-state index in [0.717, 1.165) is 16.6 Å². The Balaban J connectivity index is 1.99.